The first-order valence-electron chi connectivity index (χ1n) is 8.94. The van der Waals surface area contributed by atoms with Crippen molar-refractivity contribution < 1.29 is 14.3 Å². The zero-order chi connectivity index (χ0) is 21.6. The van der Waals surface area contributed by atoms with E-state index in [0.717, 1.165) is 16.0 Å². The van der Waals surface area contributed by atoms with E-state index >= 15 is 0 Å². The van der Waals surface area contributed by atoms with Crippen molar-refractivity contribution in [2.24, 2.45) is 4.99 Å². The third-order valence-electron chi connectivity index (χ3n) is 4.05. The van der Waals surface area contributed by atoms with Crippen molar-refractivity contribution in [3.8, 4) is 5.75 Å². The summed E-state index contributed by atoms with van der Waals surface area (Å²) < 4.78 is 13.1. The van der Waals surface area contributed by atoms with Crippen molar-refractivity contribution >= 4 is 56.4 Å². The average molecular weight is 457 g/mol. The van der Waals surface area contributed by atoms with Gasteiger partial charge in [0.05, 0.1) is 39.0 Å². The second kappa shape index (κ2) is 10.6. The predicted molar refractivity (Wildman–Crippen MR) is 120 cm³/mol. The molecule has 156 valence electrons. The fourth-order valence-corrected chi connectivity index (χ4v) is 3.58. The molecule has 0 aliphatic carbocycles. The number of carbonyl (C=O) groups is 1. The van der Waals surface area contributed by atoms with Crippen LogP contribution in [0.25, 0.3) is 10.2 Å². The minimum atomic E-state index is -0.363. The molecule has 1 heterocycles. The van der Waals surface area contributed by atoms with Crippen molar-refractivity contribution in [3.63, 3.8) is 0 Å². The van der Waals surface area contributed by atoms with Crippen LogP contribution < -0.4 is 9.61 Å². The van der Waals surface area contributed by atoms with E-state index in [2.05, 4.69) is 11.6 Å². The number of esters is 1. The smallest absolute Gasteiger partial charge is 0.308 e. The van der Waals surface area contributed by atoms with E-state index in [1.165, 1.54) is 16.8 Å². The maximum Gasteiger partial charge on any atom is 0.308 e. The molecule has 0 fully saturated rings. The molecule has 0 aliphatic rings. The zero-order valence-electron chi connectivity index (χ0n) is 16.4. The van der Waals surface area contributed by atoms with Gasteiger partial charge in [0.1, 0.15) is 11.9 Å². The number of halogens is 2. The molecule has 0 bridgehead atoms. The van der Waals surface area contributed by atoms with Gasteiger partial charge in [0, 0.05) is 18.8 Å². The van der Waals surface area contributed by atoms with Gasteiger partial charge in [-0.2, -0.15) is 0 Å². The van der Waals surface area contributed by atoms with Crippen LogP contribution in [0.15, 0.2) is 45.8 Å². The first-order valence-corrected chi connectivity index (χ1v) is 10.5. The molecule has 0 N–H and O–H groups in total. The van der Waals surface area contributed by atoms with Gasteiger partial charge in [-0.25, -0.2) is 0 Å². The number of nitrogens with zero attached hydrogens (tertiary/aromatic N) is 2. The van der Waals surface area contributed by atoms with Crippen LogP contribution in [0.3, 0.4) is 0 Å². The monoisotopic (exact) mass is 456 g/mol. The Morgan fingerprint density at radius 2 is 2.17 bits per heavy atom. The molecule has 0 saturated heterocycles. The van der Waals surface area contributed by atoms with Crippen molar-refractivity contribution in [2.75, 3.05) is 6.61 Å². The molecule has 2 rings (SSSR count). The highest BCUT2D eigenvalue weighted by Gasteiger charge is 2.16. The van der Waals surface area contributed by atoms with E-state index in [9.17, 15) is 9.59 Å². The van der Waals surface area contributed by atoms with Gasteiger partial charge in [-0.1, -0.05) is 41.1 Å². The minimum absolute atomic E-state index is 0.114. The van der Waals surface area contributed by atoms with E-state index in [1.54, 1.807) is 19.1 Å². The Balaban J connectivity index is 2.25. The summed E-state index contributed by atoms with van der Waals surface area (Å²) in [5.41, 5.74) is 1.35. The molecular weight excluding hydrogens is 435 g/mol. The highest BCUT2D eigenvalue weighted by molar-refractivity contribution is 7.16. The number of thiazole rings is 1. The van der Waals surface area contributed by atoms with Crippen LogP contribution >= 0.6 is 34.5 Å². The number of benzene rings is 1. The number of hydrogen-bond donors (Lipinski definition) is 0. The van der Waals surface area contributed by atoms with Crippen LogP contribution in [0, 0.1) is 0 Å². The van der Waals surface area contributed by atoms with Gasteiger partial charge in [-0.3, -0.25) is 19.1 Å². The predicted octanol–water partition coefficient (Wildman–Crippen LogP) is 5.16. The largest absolute Gasteiger partial charge is 0.483 e. The SMILES string of the molecule is C=C/C(Cl)=C\N=C(C)C(C)Oc1cc2sc(=O)n(CCC(=O)OCC)c2cc1Cl. The lowest BCUT2D eigenvalue weighted by Gasteiger charge is -2.15. The molecule has 29 heavy (non-hydrogen) atoms. The van der Waals surface area contributed by atoms with Gasteiger partial charge in [0.2, 0.25) is 0 Å². The highest BCUT2D eigenvalue weighted by Crippen LogP contribution is 2.32. The first-order chi connectivity index (χ1) is 13.8. The number of rotatable bonds is 9. The minimum Gasteiger partial charge on any atom is -0.483 e. The number of aliphatic imine (C=N–C) groups is 1. The van der Waals surface area contributed by atoms with Gasteiger partial charge < -0.3 is 9.47 Å². The van der Waals surface area contributed by atoms with Crippen LogP contribution in [-0.2, 0) is 16.1 Å². The van der Waals surface area contributed by atoms with Crippen LogP contribution in [0.4, 0.5) is 0 Å². The van der Waals surface area contributed by atoms with E-state index in [1.807, 2.05) is 13.8 Å². The molecule has 0 aliphatic heterocycles. The lowest BCUT2D eigenvalue weighted by Crippen LogP contribution is -2.21. The van der Waals surface area contributed by atoms with Gasteiger partial charge in [0.15, 0.2) is 0 Å². The third kappa shape index (κ3) is 6.19. The average Bonchev–Trinajstić information content (AvgIpc) is 2.98. The zero-order valence-corrected chi connectivity index (χ0v) is 18.7. The number of aryl methyl sites for hydroxylation is 1. The van der Waals surface area contributed by atoms with Crippen molar-refractivity contribution in [2.45, 2.75) is 39.8 Å². The summed E-state index contributed by atoms with van der Waals surface area (Å²) in [6, 6.07) is 3.39. The Hall–Kier alpha value is -2.09. The number of fused-ring (bicyclic) bond motifs is 1. The molecule has 0 spiro atoms. The second-order valence-corrected chi connectivity index (χ2v) is 7.91. The number of ether oxygens (including phenoxy) is 2. The van der Waals surface area contributed by atoms with Crippen LogP contribution in [0.5, 0.6) is 5.75 Å². The standard InChI is InChI=1S/C20H22Cl2N2O4S/c1-5-14(21)11-23-12(3)13(4)28-17-10-18-16(9-15(17)22)24(20(26)29-18)8-7-19(25)27-6-2/h5,9-11,13H,1,6-8H2,2-4H3/b14-11+,23-12?. The van der Waals surface area contributed by atoms with Crippen LogP contribution in [0.1, 0.15) is 27.2 Å². The Kier molecular flexibility index (Phi) is 8.49. The van der Waals surface area contributed by atoms with E-state index < -0.39 is 0 Å². The first kappa shape index (κ1) is 23.2. The lowest BCUT2D eigenvalue weighted by molar-refractivity contribution is -0.143. The molecule has 0 amide bonds. The maximum atomic E-state index is 12.3. The Morgan fingerprint density at radius 1 is 1.45 bits per heavy atom. The maximum absolute atomic E-state index is 12.3. The molecule has 1 aromatic carbocycles. The normalized spacial score (nSPS) is 13.4. The van der Waals surface area contributed by atoms with Gasteiger partial charge in [-0.05, 0) is 32.9 Å². The molecule has 1 atom stereocenters. The van der Waals surface area contributed by atoms with Crippen molar-refractivity contribution in [1.29, 1.82) is 0 Å². The quantitative estimate of drug-likeness (QED) is 0.296. The highest BCUT2D eigenvalue weighted by atomic mass is 35.5. The Morgan fingerprint density at radius 3 is 2.83 bits per heavy atom. The topological polar surface area (TPSA) is 69.9 Å². The summed E-state index contributed by atoms with van der Waals surface area (Å²) in [5, 5.41) is 0.782. The van der Waals surface area contributed by atoms with E-state index in [4.69, 9.17) is 32.7 Å². The summed E-state index contributed by atoms with van der Waals surface area (Å²) >= 11 is 13.3. The van der Waals surface area contributed by atoms with Crippen LogP contribution in [-0.4, -0.2) is 29.0 Å². The summed E-state index contributed by atoms with van der Waals surface area (Å²) in [7, 11) is 0. The van der Waals surface area contributed by atoms with Gasteiger partial charge >= 0.3 is 10.8 Å². The second-order valence-electron chi connectivity index (χ2n) is 6.07. The summed E-state index contributed by atoms with van der Waals surface area (Å²) in [6.45, 7) is 9.48. The fraction of sp³-hybridized carbons (Fsp3) is 0.350. The number of allylic oxidation sites excluding steroid dienone is 2. The number of hydrogen-bond acceptors (Lipinski definition) is 6. The fourth-order valence-electron chi connectivity index (χ4n) is 2.40. The summed E-state index contributed by atoms with van der Waals surface area (Å²) in [4.78, 5) is 28.0. The van der Waals surface area contributed by atoms with E-state index in [0.29, 0.717) is 33.6 Å². The molecule has 6 nitrogen and oxygen atoms in total. The molecule has 1 aromatic heterocycles. The molecule has 0 saturated carbocycles. The van der Waals surface area contributed by atoms with E-state index in [-0.39, 0.29) is 29.9 Å². The lowest BCUT2D eigenvalue weighted by atomic mass is 10.2. The Bertz CT molecular complexity index is 1020. The van der Waals surface area contributed by atoms with Crippen molar-refractivity contribution in [1.82, 2.24) is 4.57 Å². The number of aromatic nitrogens is 1. The van der Waals surface area contributed by atoms with Gasteiger partial charge in [0.25, 0.3) is 0 Å². The third-order valence-corrected chi connectivity index (χ3v) is 5.53. The molecule has 2 aromatic rings. The van der Waals surface area contributed by atoms with Gasteiger partial charge in [-0.15, -0.1) is 0 Å². The van der Waals surface area contributed by atoms with Crippen LogP contribution in [0.2, 0.25) is 5.02 Å². The summed E-state index contributed by atoms with van der Waals surface area (Å²) in [6.07, 6.45) is 2.73. The molecular formula is C20H22Cl2N2O4S. The molecule has 9 heteroatoms. The number of carbonyl (C=O) groups excluding carboxylic acids is 1. The molecule has 0 radical (unpaired) electrons. The summed E-state index contributed by atoms with van der Waals surface area (Å²) in [5.74, 6) is 0.0952. The van der Waals surface area contributed by atoms with Crippen molar-refractivity contribution in [3.05, 3.63) is 50.7 Å². The molecule has 1 unspecified atom stereocenters. The Labute approximate surface area is 183 Å².